The van der Waals surface area contributed by atoms with Crippen molar-refractivity contribution < 1.29 is 0 Å². The predicted octanol–water partition coefficient (Wildman–Crippen LogP) is 2.20. The molecule has 0 aliphatic rings. The fraction of sp³-hybridized carbons (Fsp3) is 0.500. The van der Waals surface area contributed by atoms with E-state index < -0.39 is 0 Å². The van der Waals surface area contributed by atoms with Crippen LogP contribution in [0, 0.1) is 5.92 Å². The number of rotatable bonds is 5. The first-order valence-corrected chi connectivity index (χ1v) is 5.93. The van der Waals surface area contributed by atoms with Gasteiger partial charge < -0.3 is 10.6 Å². The minimum absolute atomic E-state index is 0.402. The van der Waals surface area contributed by atoms with Crippen molar-refractivity contribution in [1.82, 2.24) is 4.98 Å². The number of aromatic nitrogens is 1. The standard InChI is InChI=1S/C12H19N3S/c1-4-9(2)8-15(3)12-10(11(13)16)6-5-7-14-12/h5-7,9H,4,8H2,1-3H3,(H2,13,16). The molecule has 0 aliphatic carbocycles. The summed E-state index contributed by atoms with van der Waals surface area (Å²) >= 11 is 5.02. The molecule has 1 rings (SSSR count). The third-order valence-electron chi connectivity index (χ3n) is 2.70. The molecule has 16 heavy (non-hydrogen) atoms. The molecule has 1 aromatic rings. The van der Waals surface area contributed by atoms with Crippen LogP contribution in [0.1, 0.15) is 25.8 Å². The van der Waals surface area contributed by atoms with Crippen LogP contribution in [0.25, 0.3) is 0 Å². The average molecular weight is 237 g/mol. The van der Waals surface area contributed by atoms with Crippen molar-refractivity contribution in [3.05, 3.63) is 23.9 Å². The van der Waals surface area contributed by atoms with Crippen LogP contribution in [-0.2, 0) is 0 Å². The highest BCUT2D eigenvalue weighted by molar-refractivity contribution is 7.80. The van der Waals surface area contributed by atoms with E-state index in [4.69, 9.17) is 18.0 Å². The van der Waals surface area contributed by atoms with Crippen LogP contribution >= 0.6 is 12.2 Å². The first-order valence-electron chi connectivity index (χ1n) is 5.52. The number of hydrogen-bond acceptors (Lipinski definition) is 3. The number of hydrogen-bond donors (Lipinski definition) is 1. The molecule has 0 spiro atoms. The average Bonchev–Trinajstić information content (AvgIpc) is 2.28. The van der Waals surface area contributed by atoms with Crippen LogP contribution in [0.3, 0.4) is 0 Å². The Morgan fingerprint density at radius 2 is 2.31 bits per heavy atom. The van der Waals surface area contributed by atoms with Crippen LogP contribution < -0.4 is 10.6 Å². The van der Waals surface area contributed by atoms with Crippen LogP contribution in [0.4, 0.5) is 5.82 Å². The summed E-state index contributed by atoms with van der Waals surface area (Å²) in [7, 11) is 2.02. The van der Waals surface area contributed by atoms with E-state index in [2.05, 4.69) is 23.7 Å². The number of thiocarbonyl (C=S) groups is 1. The van der Waals surface area contributed by atoms with E-state index in [1.54, 1.807) is 6.20 Å². The summed E-state index contributed by atoms with van der Waals surface area (Å²) in [5.74, 6) is 1.50. The predicted molar refractivity (Wildman–Crippen MR) is 72.8 cm³/mol. The Bertz CT molecular complexity index is 365. The second-order valence-electron chi connectivity index (χ2n) is 4.13. The normalized spacial score (nSPS) is 12.2. The lowest BCUT2D eigenvalue weighted by molar-refractivity contribution is 0.557. The largest absolute Gasteiger partial charge is 0.389 e. The second kappa shape index (κ2) is 5.80. The maximum atomic E-state index is 5.68. The third kappa shape index (κ3) is 3.17. The SMILES string of the molecule is CCC(C)CN(C)c1ncccc1C(N)=S. The molecular formula is C12H19N3S. The summed E-state index contributed by atoms with van der Waals surface area (Å²) in [5.41, 5.74) is 6.53. The molecule has 0 radical (unpaired) electrons. The zero-order valence-corrected chi connectivity index (χ0v) is 10.9. The quantitative estimate of drug-likeness (QED) is 0.797. The van der Waals surface area contributed by atoms with Crippen LogP contribution in [0.5, 0.6) is 0 Å². The van der Waals surface area contributed by atoms with Gasteiger partial charge in [0.2, 0.25) is 0 Å². The van der Waals surface area contributed by atoms with Gasteiger partial charge in [-0.3, -0.25) is 0 Å². The smallest absolute Gasteiger partial charge is 0.138 e. The summed E-state index contributed by atoms with van der Waals surface area (Å²) < 4.78 is 0. The minimum Gasteiger partial charge on any atom is -0.389 e. The van der Waals surface area contributed by atoms with Gasteiger partial charge in [0, 0.05) is 19.8 Å². The molecule has 0 bridgehead atoms. The topological polar surface area (TPSA) is 42.2 Å². The Morgan fingerprint density at radius 3 is 2.88 bits per heavy atom. The van der Waals surface area contributed by atoms with Crippen molar-refractivity contribution in [2.45, 2.75) is 20.3 Å². The number of anilines is 1. The number of nitrogens with zero attached hydrogens (tertiary/aromatic N) is 2. The monoisotopic (exact) mass is 237 g/mol. The lowest BCUT2D eigenvalue weighted by Crippen LogP contribution is -2.27. The summed E-state index contributed by atoms with van der Waals surface area (Å²) in [6, 6.07) is 3.77. The maximum absolute atomic E-state index is 5.68. The lowest BCUT2D eigenvalue weighted by Gasteiger charge is -2.23. The molecule has 0 aromatic carbocycles. The summed E-state index contributed by atoms with van der Waals surface area (Å²) in [6.45, 7) is 5.37. The second-order valence-corrected chi connectivity index (χ2v) is 4.57. The van der Waals surface area contributed by atoms with E-state index >= 15 is 0 Å². The van der Waals surface area contributed by atoms with Crippen LogP contribution in [0.15, 0.2) is 18.3 Å². The number of nitrogens with two attached hydrogens (primary N) is 1. The van der Waals surface area contributed by atoms with E-state index in [1.165, 1.54) is 0 Å². The number of pyridine rings is 1. The first kappa shape index (κ1) is 12.9. The van der Waals surface area contributed by atoms with Gasteiger partial charge in [0.15, 0.2) is 0 Å². The van der Waals surface area contributed by atoms with Gasteiger partial charge in [-0.25, -0.2) is 4.98 Å². The van der Waals surface area contributed by atoms with Gasteiger partial charge in [0.05, 0.1) is 5.56 Å². The zero-order valence-electron chi connectivity index (χ0n) is 10.1. The van der Waals surface area contributed by atoms with Gasteiger partial charge in [-0.1, -0.05) is 32.5 Å². The molecule has 1 atom stereocenters. The summed E-state index contributed by atoms with van der Waals surface area (Å²) in [4.78, 5) is 6.86. The highest BCUT2D eigenvalue weighted by Crippen LogP contribution is 2.17. The molecule has 1 heterocycles. The molecule has 0 amide bonds. The Hall–Kier alpha value is -1.16. The van der Waals surface area contributed by atoms with Gasteiger partial charge in [0.1, 0.15) is 10.8 Å². The van der Waals surface area contributed by atoms with Gasteiger partial charge in [0.25, 0.3) is 0 Å². The molecule has 0 fully saturated rings. The van der Waals surface area contributed by atoms with E-state index in [1.807, 2.05) is 19.2 Å². The molecule has 0 saturated heterocycles. The van der Waals surface area contributed by atoms with E-state index in [0.717, 1.165) is 24.3 Å². The first-order chi connectivity index (χ1) is 7.56. The van der Waals surface area contributed by atoms with Crippen molar-refractivity contribution in [2.24, 2.45) is 11.7 Å². The zero-order chi connectivity index (χ0) is 12.1. The Balaban J connectivity index is 2.90. The van der Waals surface area contributed by atoms with E-state index in [0.29, 0.717) is 10.9 Å². The highest BCUT2D eigenvalue weighted by Gasteiger charge is 2.12. The van der Waals surface area contributed by atoms with Crippen molar-refractivity contribution >= 4 is 23.0 Å². The Morgan fingerprint density at radius 1 is 1.62 bits per heavy atom. The Kier molecular flexibility index (Phi) is 4.68. The summed E-state index contributed by atoms with van der Waals surface area (Å²) in [5, 5.41) is 0. The molecule has 0 saturated carbocycles. The minimum atomic E-state index is 0.402. The fourth-order valence-electron chi connectivity index (χ4n) is 1.58. The van der Waals surface area contributed by atoms with Crippen molar-refractivity contribution in [1.29, 1.82) is 0 Å². The van der Waals surface area contributed by atoms with Gasteiger partial charge in [-0.15, -0.1) is 0 Å². The van der Waals surface area contributed by atoms with Crippen LogP contribution in [0.2, 0.25) is 0 Å². The van der Waals surface area contributed by atoms with E-state index in [-0.39, 0.29) is 0 Å². The Labute approximate surface area is 103 Å². The fourth-order valence-corrected chi connectivity index (χ4v) is 1.74. The molecule has 2 N–H and O–H groups in total. The van der Waals surface area contributed by atoms with Crippen molar-refractivity contribution in [3.63, 3.8) is 0 Å². The maximum Gasteiger partial charge on any atom is 0.138 e. The van der Waals surface area contributed by atoms with Crippen molar-refractivity contribution in [3.8, 4) is 0 Å². The van der Waals surface area contributed by atoms with Crippen LogP contribution in [-0.4, -0.2) is 23.6 Å². The van der Waals surface area contributed by atoms with E-state index in [9.17, 15) is 0 Å². The molecule has 3 nitrogen and oxygen atoms in total. The molecule has 1 unspecified atom stereocenters. The molecular weight excluding hydrogens is 218 g/mol. The third-order valence-corrected chi connectivity index (χ3v) is 2.92. The molecule has 88 valence electrons. The van der Waals surface area contributed by atoms with Gasteiger partial charge >= 0.3 is 0 Å². The van der Waals surface area contributed by atoms with Gasteiger partial charge in [-0.2, -0.15) is 0 Å². The molecule has 1 aromatic heterocycles. The molecule has 4 heteroatoms. The van der Waals surface area contributed by atoms with Crippen molar-refractivity contribution in [2.75, 3.05) is 18.5 Å². The summed E-state index contributed by atoms with van der Waals surface area (Å²) in [6.07, 6.45) is 2.92. The van der Waals surface area contributed by atoms with Gasteiger partial charge in [-0.05, 0) is 18.1 Å². The highest BCUT2D eigenvalue weighted by atomic mass is 32.1. The molecule has 0 aliphatic heterocycles. The lowest BCUT2D eigenvalue weighted by atomic mass is 10.1.